The van der Waals surface area contributed by atoms with Crippen molar-refractivity contribution in [3.63, 3.8) is 0 Å². The average Bonchev–Trinajstić information content (AvgIpc) is 2.69. The Morgan fingerprint density at radius 3 is 2.56 bits per heavy atom. The lowest BCUT2D eigenvalue weighted by atomic mass is 10.0. The van der Waals surface area contributed by atoms with Crippen LogP contribution in [-0.2, 0) is 17.6 Å². The summed E-state index contributed by atoms with van der Waals surface area (Å²) in [6.45, 7) is 8.78. The zero-order chi connectivity index (χ0) is 19.4. The summed E-state index contributed by atoms with van der Waals surface area (Å²) in [4.78, 5) is 25.3. The highest BCUT2D eigenvalue weighted by molar-refractivity contribution is 5.73. The van der Waals surface area contributed by atoms with E-state index < -0.39 is 0 Å². The fourth-order valence-corrected chi connectivity index (χ4v) is 3.59. The predicted molar refractivity (Wildman–Crippen MR) is 106 cm³/mol. The molecule has 1 aromatic carbocycles. The van der Waals surface area contributed by atoms with Crippen molar-refractivity contribution in [3.05, 3.63) is 46.9 Å². The van der Waals surface area contributed by atoms with E-state index in [4.69, 9.17) is 14.7 Å². The van der Waals surface area contributed by atoms with Gasteiger partial charge in [-0.15, -0.1) is 0 Å². The van der Waals surface area contributed by atoms with Crippen molar-refractivity contribution in [2.24, 2.45) is 0 Å². The highest BCUT2D eigenvalue weighted by atomic mass is 16.5. The van der Waals surface area contributed by atoms with Gasteiger partial charge in [0.25, 0.3) is 0 Å². The van der Waals surface area contributed by atoms with E-state index in [0.29, 0.717) is 0 Å². The molecule has 1 aromatic heterocycles. The SMILES string of the molecule is CCc1nc(C)nc(N2CCN(C(C)=O)CC2)c1Cc1cccc(OC)c1. The van der Waals surface area contributed by atoms with Crippen LogP contribution in [0.25, 0.3) is 0 Å². The van der Waals surface area contributed by atoms with Crippen molar-refractivity contribution in [3.8, 4) is 5.75 Å². The minimum absolute atomic E-state index is 0.138. The van der Waals surface area contributed by atoms with E-state index in [0.717, 1.165) is 62.1 Å². The Balaban J connectivity index is 1.93. The zero-order valence-corrected chi connectivity index (χ0v) is 16.7. The van der Waals surface area contributed by atoms with Crippen molar-refractivity contribution >= 4 is 11.7 Å². The molecule has 0 N–H and O–H groups in total. The molecule has 2 aromatic rings. The first-order valence-electron chi connectivity index (χ1n) is 9.51. The molecule has 0 saturated carbocycles. The van der Waals surface area contributed by atoms with Crippen LogP contribution in [0.15, 0.2) is 24.3 Å². The van der Waals surface area contributed by atoms with E-state index in [9.17, 15) is 4.79 Å². The number of benzene rings is 1. The number of hydrogen-bond donors (Lipinski definition) is 0. The molecule has 27 heavy (non-hydrogen) atoms. The Hall–Kier alpha value is -2.63. The summed E-state index contributed by atoms with van der Waals surface area (Å²) in [7, 11) is 1.69. The highest BCUT2D eigenvalue weighted by Gasteiger charge is 2.23. The maximum atomic E-state index is 11.6. The largest absolute Gasteiger partial charge is 0.497 e. The van der Waals surface area contributed by atoms with Crippen LogP contribution < -0.4 is 9.64 Å². The number of rotatable bonds is 5. The van der Waals surface area contributed by atoms with E-state index in [2.05, 4.69) is 24.0 Å². The number of anilines is 1. The summed E-state index contributed by atoms with van der Waals surface area (Å²) in [5.41, 5.74) is 3.45. The molecule has 1 fully saturated rings. The maximum Gasteiger partial charge on any atom is 0.219 e. The number of aryl methyl sites for hydroxylation is 2. The Bertz CT molecular complexity index is 814. The number of carbonyl (C=O) groups excluding carboxylic acids is 1. The molecule has 1 aliphatic heterocycles. The van der Waals surface area contributed by atoms with Crippen molar-refractivity contribution < 1.29 is 9.53 Å². The van der Waals surface area contributed by atoms with Crippen LogP contribution in [0.4, 0.5) is 5.82 Å². The Morgan fingerprint density at radius 2 is 1.93 bits per heavy atom. The number of piperazine rings is 1. The van der Waals surface area contributed by atoms with Crippen molar-refractivity contribution in [1.29, 1.82) is 0 Å². The fourth-order valence-electron chi connectivity index (χ4n) is 3.59. The third-order valence-corrected chi connectivity index (χ3v) is 5.06. The molecule has 0 radical (unpaired) electrons. The molecule has 1 aliphatic rings. The number of amides is 1. The number of carbonyl (C=O) groups is 1. The molecule has 2 heterocycles. The molecular formula is C21H28N4O2. The summed E-state index contributed by atoms with van der Waals surface area (Å²) in [5.74, 6) is 2.80. The molecule has 0 spiro atoms. The summed E-state index contributed by atoms with van der Waals surface area (Å²) in [5, 5.41) is 0. The molecule has 0 unspecified atom stereocenters. The Morgan fingerprint density at radius 1 is 1.19 bits per heavy atom. The minimum Gasteiger partial charge on any atom is -0.497 e. The number of ether oxygens (including phenoxy) is 1. The lowest BCUT2D eigenvalue weighted by Gasteiger charge is -2.36. The summed E-state index contributed by atoms with van der Waals surface area (Å²) < 4.78 is 5.37. The average molecular weight is 368 g/mol. The molecule has 1 saturated heterocycles. The molecular weight excluding hydrogens is 340 g/mol. The Labute approximate surface area is 161 Å². The molecule has 3 rings (SSSR count). The van der Waals surface area contributed by atoms with Crippen LogP contribution in [0.2, 0.25) is 0 Å². The first-order valence-corrected chi connectivity index (χ1v) is 9.51. The highest BCUT2D eigenvalue weighted by Crippen LogP contribution is 2.27. The minimum atomic E-state index is 0.138. The second kappa shape index (κ2) is 8.37. The van der Waals surface area contributed by atoms with Crippen LogP contribution in [0.3, 0.4) is 0 Å². The van der Waals surface area contributed by atoms with Gasteiger partial charge in [-0.25, -0.2) is 9.97 Å². The van der Waals surface area contributed by atoms with Gasteiger partial charge in [-0.2, -0.15) is 0 Å². The smallest absolute Gasteiger partial charge is 0.219 e. The van der Waals surface area contributed by atoms with Crippen molar-refractivity contribution in [2.45, 2.75) is 33.6 Å². The van der Waals surface area contributed by atoms with Gasteiger partial charge in [0.15, 0.2) is 0 Å². The number of aromatic nitrogens is 2. The van der Waals surface area contributed by atoms with Gasteiger partial charge in [0.1, 0.15) is 17.4 Å². The summed E-state index contributed by atoms with van der Waals surface area (Å²) in [6, 6.07) is 8.15. The molecule has 144 valence electrons. The standard InChI is InChI=1S/C21H28N4O2/c1-5-20-19(14-17-7-6-8-18(13-17)27-4)21(23-15(2)22-20)25-11-9-24(10-12-25)16(3)26/h6-8,13H,5,9-12,14H2,1-4H3. The second-order valence-electron chi connectivity index (χ2n) is 6.89. The van der Waals surface area contributed by atoms with E-state index in [1.807, 2.05) is 24.0 Å². The topological polar surface area (TPSA) is 58.6 Å². The number of hydrogen-bond acceptors (Lipinski definition) is 5. The molecule has 1 amide bonds. The fraction of sp³-hybridized carbons (Fsp3) is 0.476. The van der Waals surface area contributed by atoms with Gasteiger partial charge in [-0.1, -0.05) is 19.1 Å². The predicted octanol–water partition coefficient (Wildman–Crippen LogP) is 2.62. The summed E-state index contributed by atoms with van der Waals surface area (Å²) >= 11 is 0. The normalized spacial score (nSPS) is 14.4. The van der Waals surface area contributed by atoms with Crippen molar-refractivity contribution in [1.82, 2.24) is 14.9 Å². The quantitative estimate of drug-likeness (QED) is 0.812. The van der Waals surface area contributed by atoms with Gasteiger partial charge in [0.05, 0.1) is 7.11 Å². The van der Waals surface area contributed by atoms with Crippen LogP contribution in [0, 0.1) is 6.92 Å². The van der Waals surface area contributed by atoms with E-state index in [1.165, 1.54) is 11.1 Å². The van der Waals surface area contributed by atoms with E-state index >= 15 is 0 Å². The van der Waals surface area contributed by atoms with Gasteiger partial charge >= 0.3 is 0 Å². The monoisotopic (exact) mass is 368 g/mol. The van der Waals surface area contributed by atoms with Gasteiger partial charge in [-0.3, -0.25) is 4.79 Å². The molecule has 0 atom stereocenters. The first-order chi connectivity index (χ1) is 13.0. The van der Waals surface area contributed by atoms with Crippen LogP contribution >= 0.6 is 0 Å². The van der Waals surface area contributed by atoms with Gasteiger partial charge in [0.2, 0.25) is 5.91 Å². The van der Waals surface area contributed by atoms with Gasteiger partial charge in [0, 0.05) is 50.8 Å². The van der Waals surface area contributed by atoms with Gasteiger partial charge in [-0.05, 0) is 31.0 Å². The summed E-state index contributed by atoms with van der Waals surface area (Å²) in [6.07, 6.45) is 1.63. The van der Waals surface area contributed by atoms with E-state index in [1.54, 1.807) is 14.0 Å². The maximum absolute atomic E-state index is 11.6. The van der Waals surface area contributed by atoms with Gasteiger partial charge < -0.3 is 14.5 Å². The zero-order valence-electron chi connectivity index (χ0n) is 16.7. The lowest BCUT2D eigenvalue weighted by molar-refractivity contribution is -0.129. The third-order valence-electron chi connectivity index (χ3n) is 5.06. The first kappa shape index (κ1) is 19.1. The second-order valence-corrected chi connectivity index (χ2v) is 6.89. The molecule has 6 heteroatoms. The number of nitrogens with zero attached hydrogens (tertiary/aromatic N) is 4. The Kier molecular flexibility index (Phi) is 5.94. The van der Waals surface area contributed by atoms with Crippen molar-refractivity contribution in [2.75, 3.05) is 38.2 Å². The van der Waals surface area contributed by atoms with Crippen LogP contribution in [-0.4, -0.2) is 54.1 Å². The number of methoxy groups -OCH3 is 1. The van der Waals surface area contributed by atoms with Crippen LogP contribution in [0.5, 0.6) is 5.75 Å². The van der Waals surface area contributed by atoms with Crippen LogP contribution in [0.1, 0.15) is 36.5 Å². The van der Waals surface area contributed by atoms with E-state index in [-0.39, 0.29) is 5.91 Å². The molecule has 6 nitrogen and oxygen atoms in total. The lowest BCUT2D eigenvalue weighted by Crippen LogP contribution is -2.48. The third kappa shape index (κ3) is 4.38. The molecule has 0 aliphatic carbocycles. The molecule has 0 bridgehead atoms.